The minimum absolute atomic E-state index is 0.155. The zero-order valence-corrected chi connectivity index (χ0v) is 18.6. The highest BCUT2D eigenvalue weighted by Gasteiger charge is 2.23. The molecule has 6 nitrogen and oxygen atoms in total. The van der Waals surface area contributed by atoms with Gasteiger partial charge in [-0.05, 0) is 36.4 Å². The summed E-state index contributed by atoms with van der Waals surface area (Å²) in [5, 5.41) is 3.15. The number of carbonyl (C=O) groups is 1. The summed E-state index contributed by atoms with van der Waals surface area (Å²) in [5.41, 5.74) is 1.10. The molecule has 0 radical (unpaired) electrons. The van der Waals surface area contributed by atoms with Gasteiger partial charge in [-0.2, -0.15) is 4.31 Å². The van der Waals surface area contributed by atoms with Gasteiger partial charge in [-0.25, -0.2) is 13.4 Å². The van der Waals surface area contributed by atoms with Gasteiger partial charge in [0, 0.05) is 23.1 Å². The number of carbonyl (C=O) groups excluding carboxylic acids is 1. The fraction of sp³-hybridized carbons (Fsp3) is 0.100. The van der Waals surface area contributed by atoms with E-state index in [-0.39, 0.29) is 23.9 Å². The topological polar surface area (TPSA) is 79.4 Å². The van der Waals surface area contributed by atoms with E-state index in [1.807, 2.05) is 6.07 Å². The molecule has 0 atom stereocenters. The minimum atomic E-state index is -3.70. The Bertz CT molecular complexity index is 1180. The summed E-state index contributed by atoms with van der Waals surface area (Å²) in [6.45, 7) is 7.59. The number of fused-ring (bicyclic) bond motifs is 1. The number of hydrogen-bond donors (Lipinski definition) is 1. The number of nitrogens with one attached hydrogen (secondary N) is 1. The summed E-state index contributed by atoms with van der Waals surface area (Å²) in [6.07, 6.45) is 3.06. The van der Waals surface area contributed by atoms with Gasteiger partial charge in [-0.15, -0.1) is 13.2 Å². The van der Waals surface area contributed by atoms with E-state index in [0.717, 1.165) is 4.47 Å². The third-order valence-electron chi connectivity index (χ3n) is 3.97. The number of anilines is 1. The highest BCUT2D eigenvalue weighted by atomic mass is 79.9. The van der Waals surface area contributed by atoms with Crippen LogP contribution in [0.4, 0.5) is 5.13 Å². The van der Waals surface area contributed by atoms with Crippen molar-refractivity contribution in [3.05, 3.63) is 77.8 Å². The van der Waals surface area contributed by atoms with E-state index < -0.39 is 10.0 Å². The first-order chi connectivity index (χ1) is 13.8. The number of rotatable bonds is 8. The number of aromatic nitrogens is 1. The Morgan fingerprint density at radius 3 is 2.55 bits per heavy atom. The number of halogens is 1. The van der Waals surface area contributed by atoms with Crippen LogP contribution >= 0.6 is 27.3 Å². The average molecular weight is 492 g/mol. The van der Waals surface area contributed by atoms with Gasteiger partial charge in [-0.1, -0.05) is 45.5 Å². The third kappa shape index (κ3) is 4.81. The Morgan fingerprint density at radius 2 is 1.90 bits per heavy atom. The van der Waals surface area contributed by atoms with Gasteiger partial charge in [-0.3, -0.25) is 10.1 Å². The lowest BCUT2D eigenvalue weighted by Gasteiger charge is -2.18. The minimum Gasteiger partial charge on any atom is -0.298 e. The smallest absolute Gasteiger partial charge is 0.257 e. The first-order valence-corrected chi connectivity index (χ1v) is 11.6. The van der Waals surface area contributed by atoms with Crippen LogP contribution in [0.5, 0.6) is 0 Å². The summed E-state index contributed by atoms with van der Waals surface area (Å²) in [4.78, 5) is 16.9. The maximum absolute atomic E-state index is 12.9. The molecular weight excluding hydrogens is 474 g/mol. The lowest BCUT2D eigenvalue weighted by molar-refractivity contribution is 0.102. The average Bonchev–Trinajstić information content (AvgIpc) is 3.09. The van der Waals surface area contributed by atoms with Crippen LogP contribution in [-0.4, -0.2) is 36.7 Å². The molecule has 1 heterocycles. The number of sulfonamides is 1. The fourth-order valence-electron chi connectivity index (χ4n) is 2.63. The molecule has 9 heteroatoms. The van der Waals surface area contributed by atoms with Crippen molar-refractivity contribution >= 4 is 58.5 Å². The van der Waals surface area contributed by atoms with Crippen molar-refractivity contribution < 1.29 is 13.2 Å². The standard InChI is InChI=1S/C20H18BrN3O3S2/c1-3-10-24(11-4-2)29(26,27)16-8-9-17-18(13-16)28-20(22-17)23-19(25)14-6-5-7-15(21)12-14/h3-9,12-13H,1-2,10-11H2,(H,22,23,25). The Morgan fingerprint density at radius 1 is 1.17 bits per heavy atom. The number of nitrogens with zero attached hydrogens (tertiary/aromatic N) is 2. The summed E-state index contributed by atoms with van der Waals surface area (Å²) >= 11 is 4.55. The predicted octanol–water partition coefficient (Wildman–Crippen LogP) is 4.67. The molecule has 1 amide bonds. The maximum atomic E-state index is 12.9. The van der Waals surface area contributed by atoms with Crippen LogP contribution in [0.1, 0.15) is 10.4 Å². The molecular formula is C20H18BrN3O3S2. The quantitative estimate of drug-likeness (QED) is 0.464. The second kappa shape index (κ2) is 9.00. The van der Waals surface area contributed by atoms with Crippen LogP contribution in [0.2, 0.25) is 0 Å². The Kier molecular flexibility index (Phi) is 6.63. The van der Waals surface area contributed by atoms with Crippen molar-refractivity contribution in [2.75, 3.05) is 18.4 Å². The SMILES string of the molecule is C=CCN(CC=C)S(=O)(=O)c1ccc2nc(NC(=O)c3cccc(Br)c3)sc2c1. The van der Waals surface area contributed by atoms with E-state index in [4.69, 9.17) is 0 Å². The molecule has 0 spiro atoms. The second-order valence-corrected chi connectivity index (χ2v) is 9.90. The molecule has 0 saturated heterocycles. The van der Waals surface area contributed by atoms with Crippen molar-refractivity contribution in [1.82, 2.24) is 9.29 Å². The van der Waals surface area contributed by atoms with Gasteiger partial charge in [0.1, 0.15) is 0 Å². The highest BCUT2D eigenvalue weighted by Crippen LogP contribution is 2.29. The van der Waals surface area contributed by atoms with Gasteiger partial charge in [0.05, 0.1) is 15.1 Å². The molecule has 0 aliphatic carbocycles. The van der Waals surface area contributed by atoms with E-state index in [9.17, 15) is 13.2 Å². The van der Waals surface area contributed by atoms with Crippen molar-refractivity contribution in [1.29, 1.82) is 0 Å². The van der Waals surface area contributed by atoms with E-state index in [1.54, 1.807) is 30.3 Å². The monoisotopic (exact) mass is 491 g/mol. The van der Waals surface area contributed by atoms with E-state index >= 15 is 0 Å². The molecule has 150 valence electrons. The van der Waals surface area contributed by atoms with E-state index in [2.05, 4.69) is 39.4 Å². The van der Waals surface area contributed by atoms with Crippen molar-refractivity contribution in [3.63, 3.8) is 0 Å². The zero-order chi connectivity index (χ0) is 21.0. The molecule has 3 rings (SSSR count). The first kappa shape index (κ1) is 21.4. The van der Waals surface area contributed by atoms with Crippen LogP contribution in [0.15, 0.2) is 77.1 Å². The lowest BCUT2D eigenvalue weighted by atomic mass is 10.2. The number of amides is 1. The molecule has 0 saturated carbocycles. The zero-order valence-electron chi connectivity index (χ0n) is 15.3. The molecule has 1 aromatic heterocycles. The third-order valence-corrected chi connectivity index (χ3v) is 7.22. The Balaban J connectivity index is 1.89. The Labute approximate surface area is 181 Å². The lowest BCUT2D eigenvalue weighted by Crippen LogP contribution is -2.31. The summed E-state index contributed by atoms with van der Waals surface area (Å²) in [5.74, 6) is -0.290. The number of hydrogen-bond acceptors (Lipinski definition) is 5. The van der Waals surface area contributed by atoms with Crippen LogP contribution in [0.25, 0.3) is 10.2 Å². The molecule has 0 unspecified atom stereocenters. The number of benzene rings is 2. The van der Waals surface area contributed by atoms with Crippen molar-refractivity contribution in [2.24, 2.45) is 0 Å². The largest absolute Gasteiger partial charge is 0.298 e. The summed E-state index contributed by atoms with van der Waals surface area (Å²) in [6, 6.07) is 11.7. The fourth-order valence-corrected chi connectivity index (χ4v) is 5.41. The molecule has 29 heavy (non-hydrogen) atoms. The highest BCUT2D eigenvalue weighted by molar-refractivity contribution is 9.10. The molecule has 1 N–H and O–H groups in total. The normalized spacial score (nSPS) is 11.5. The molecule has 0 aliphatic rings. The molecule has 2 aromatic carbocycles. The van der Waals surface area contributed by atoms with Gasteiger partial charge >= 0.3 is 0 Å². The molecule has 0 aliphatic heterocycles. The van der Waals surface area contributed by atoms with E-state index in [0.29, 0.717) is 20.9 Å². The molecule has 3 aromatic rings. The van der Waals surface area contributed by atoms with Crippen molar-refractivity contribution in [3.8, 4) is 0 Å². The van der Waals surface area contributed by atoms with Crippen LogP contribution < -0.4 is 5.32 Å². The van der Waals surface area contributed by atoms with Gasteiger partial charge < -0.3 is 0 Å². The Hall–Kier alpha value is -2.33. The van der Waals surface area contributed by atoms with Crippen LogP contribution in [-0.2, 0) is 10.0 Å². The molecule has 0 fully saturated rings. The number of thiazole rings is 1. The van der Waals surface area contributed by atoms with E-state index in [1.165, 1.54) is 33.9 Å². The van der Waals surface area contributed by atoms with Crippen LogP contribution in [0, 0.1) is 0 Å². The van der Waals surface area contributed by atoms with Gasteiger partial charge in [0.15, 0.2) is 5.13 Å². The summed E-state index contributed by atoms with van der Waals surface area (Å²) in [7, 11) is -3.70. The van der Waals surface area contributed by atoms with Gasteiger partial charge in [0.2, 0.25) is 10.0 Å². The maximum Gasteiger partial charge on any atom is 0.257 e. The second-order valence-electron chi connectivity index (χ2n) is 6.01. The summed E-state index contributed by atoms with van der Waals surface area (Å²) < 4.78 is 28.5. The molecule has 0 bridgehead atoms. The first-order valence-electron chi connectivity index (χ1n) is 8.54. The van der Waals surface area contributed by atoms with Crippen LogP contribution in [0.3, 0.4) is 0 Å². The predicted molar refractivity (Wildman–Crippen MR) is 121 cm³/mol. The van der Waals surface area contributed by atoms with Gasteiger partial charge in [0.25, 0.3) is 5.91 Å². The van der Waals surface area contributed by atoms with Crippen molar-refractivity contribution in [2.45, 2.75) is 4.90 Å².